The van der Waals surface area contributed by atoms with Crippen LogP contribution in [0.3, 0.4) is 0 Å². The number of aldehydes is 1. The second kappa shape index (κ2) is 3.96. The summed E-state index contributed by atoms with van der Waals surface area (Å²) in [5.74, 6) is 0. The zero-order valence-electron chi connectivity index (χ0n) is 9.77. The third kappa shape index (κ3) is 1.66. The minimum absolute atomic E-state index is 0.697. The maximum atomic E-state index is 10.8. The van der Waals surface area contributed by atoms with E-state index in [0.29, 0.717) is 12.2 Å². The van der Waals surface area contributed by atoms with E-state index in [1.807, 2.05) is 48.5 Å². The number of hydrogen-bond acceptors (Lipinski definition) is 2. The molecule has 0 radical (unpaired) electrons. The molecule has 0 fully saturated rings. The predicted octanol–water partition coefficient (Wildman–Crippen LogP) is 1.70. The summed E-state index contributed by atoms with van der Waals surface area (Å²) in [4.78, 5) is 10.8. The van der Waals surface area contributed by atoms with E-state index < -0.39 is 0 Å². The topological polar surface area (TPSA) is 39.8 Å². The van der Waals surface area contributed by atoms with Crippen LogP contribution in [0.15, 0.2) is 18.3 Å². The van der Waals surface area contributed by atoms with Crippen LogP contribution in [0.2, 0.25) is 0 Å². The summed E-state index contributed by atoms with van der Waals surface area (Å²) >= 11 is 0. The van der Waals surface area contributed by atoms with Gasteiger partial charge in [0.25, 0.3) is 0 Å². The smallest absolute Gasteiger partial charge is 0.166 e. The van der Waals surface area contributed by atoms with Crippen LogP contribution in [0.1, 0.15) is 27.4 Å². The van der Waals surface area contributed by atoms with Crippen LogP contribution in [0.25, 0.3) is 0 Å². The van der Waals surface area contributed by atoms with E-state index in [1.165, 1.54) is 5.56 Å². The molecule has 2 aromatic rings. The van der Waals surface area contributed by atoms with Gasteiger partial charge in [0.15, 0.2) is 6.29 Å². The highest BCUT2D eigenvalue weighted by molar-refractivity contribution is 5.72. The van der Waals surface area contributed by atoms with Crippen molar-refractivity contribution in [1.82, 2.24) is 14.3 Å². The first kappa shape index (κ1) is 10.7. The van der Waals surface area contributed by atoms with Crippen molar-refractivity contribution in [1.29, 1.82) is 0 Å². The molecule has 0 aromatic carbocycles. The molecule has 0 saturated carbocycles. The molecule has 0 aliphatic heterocycles. The van der Waals surface area contributed by atoms with Crippen molar-refractivity contribution in [2.24, 2.45) is 7.05 Å². The van der Waals surface area contributed by atoms with Crippen molar-refractivity contribution in [2.45, 2.75) is 20.4 Å². The zero-order valence-corrected chi connectivity index (χ0v) is 9.77. The Bertz CT molecular complexity index is 522. The lowest BCUT2D eigenvalue weighted by atomic mass is 10.2. The van der Waals surface area contributed by atoms with Crippen LogP contribution in [0.4, 0.5) is 0 Å². The minimum atomic E-state index is 0.697. The Labute approximate surface area is 94.5 Å². The molecule has 0 spiro atoms. The lowest BCUT2D eigenvalue weighted by molar-refractivity contribution is 0.111. The molecule has 0 amide bonds. The summed E-state index contributed by atoms with van der Waals surface area (Å²) in [5, 5.41) is 4.36. The van der Waals surface area contributed by atoms with Crippen LogP contribution in [0, 0.1) is 13.8 Å². The molecule has 0 N–H and O–H groups in total. The standard InChI is InChI=1S/C12H15N3O/c1-9-12(10(2)14(3)13-9)7-15-6-4-5-11(15)8-16/h4-6,8H,7H2,1-3H3. The minimum Gasteiger partial charge on any atom is -0.341 e. The number of hydrogen-bond donors (Lipinski definition) is 0. The third-order valence-corrected chi connectivity index (χ3v) is 2.97. The van der Waals surface area contributed by atoms with E-state index in [-0.39, 0.29) is 0 Å². The van der Waals surface area contributed by atoms with Crippen LogP contribution >= 0.6 is 0 Å². The maximum Gasteiger partial charge on any atom is 0.166 e. The van der Waals surface area contributed by atoms with Crippen molar-refractivity contribution < 1.29 is 4.79 Å². The van der Waals surface area contributed by atoms with Crippen molar-refractivity contribution in [2.75, 3.05) is 0 Å². The fourth-order valence-corrected chi connectivity index (χ4v) is 1.89. The van der Waals surface area contributed by atoms with Crippen molar-refractivity contribution in [3.8, 4) is 0 Å². The van der Waals surface area contributed by atoms with E-state index in [1.54, 1.807) is 0 Å². The SMILES string of the molecule is Cc1nn(C)c(C)c1Cn1cccc1C=O. The fraction of sp³-hybridized carbons (Fsp3) is 0.333. The van der Waals surface area contributed by atoms with Crippen molar-refractivity contribution in [3.63, 3.8) is 0 Å². The summed E-state index contributed by atoms with van der Waals surface area (Å²) in [6.45, 7) is 4.73. The number of aryl methyl sites for hydroxylation is 2. The van der Waals surface area contributed by atoms with Crippen LogP contribution in [-0.2, 0) is 13.6 Å². The second-order valence-corrected chi connectivity index (χ2v) is 3.95. The van der Waals surface area contributed by atoms with E-state index in [9.17, 15) is 4.79 Å². The van der Waals surface area contributed by atoms with Gasteiger partial charge in [-0.3, -0.25) is 9.48 Å². The quantitative estimate of drug-likeness (QED) is 0.734. The number of carbonyl (C=O) groups is 1. The van der Waals surface area contributed by atoms with E-state index in [0.717, 1.165) is 17.7 Å². The lowest BCUT2D eigenvalue weighted by Gasteiger charge is -2.05. The van der Waals surface area contributed by atoms with Gasteiger partial charge in [-0.15, -0.1) is 0 Å². The van der Waals surface area contributed by atoms with Crippen LogP contribution in [0.5, 0.6) is 0 Å². The molecule has 0 aliphatic rings. The van der Waals surface area contributed by atoms with Gasteiger partial charge in [0.2, 0.25) is 0 Å². The lowest BCUT2D eigenvalue weighted by Crippen LogP contribution is -2.04. The van der Waals surface area contributed by atoms with Gasteiger partial charge < -0.3 is 4.57 Å². The molecule has 0 atom stereocenters. The van der Waals surface area contributed by atoms with Gasteiger partial charge in [-0.05, 0) is 26.0 Å². The Hall–Kier alpha value is -1.84. The van der Waals surface area contributed by atoms with Crippen LogP contribution < -0.4 is 0 Å². The molecular formula is C12H15N3O. The summed E-state index contributed by atoms with van der Waals surface area (Å²) in [6.07, 6.45) is 2.79. The van der Waals surface area contributed by atoms with Gasteiger partial charge in [0.05, 0.1) is 17.9 Å². The van der Waals surface area contributed by atoms with Crippen LogP contribution in [-0.4, -0.2) is 20.6 Å². The summed E-state index contributed by atoms with van der Waals surface area (Å²) in [5.41, 5.74) is 4.04. The first-order valence-electron chi connectivity index (χ1n) is 5.23. The van der Waals surface area contributed by atoms with Gasteiger partial charge in [0.1, 0.15) is 0 Å². The molecule has 16 heavy (non-hydrogen) atoms. The number of carbonyl (C=O) groups excluding carboxylic acids is 1. The van der Waals surface area contributed by atoms with Gasteiger partial charge in [-0.2, -0.15) is 5.10 Å². The van der Waals surface area contributed by atoms with Gasteiger partial charge in [0, 0.05) is 24.5 Å². The number of aromatic nitrogens is 3. The molecule has 4 heteroatoms. The van der Waals surface area contributed by atoms with Crippen molar-refractivity contribution in [3.05, 3.63) is 41.0 Å². The molecule has 0 bridgehead atoms. The van der Waals surface area contributed by atoms with E-state index in [2.05, 4.69) is 5.10 Å². The Kier molecular flexibility index (Phi) is 2.64. The predicted molar refractivity (Wildman–Crippen MR) is 61.6 cm³/mol. The molecule has 2 aromatic heterocycles. The maximum absolute atomic E-state index is 10.8. The first-order valence-corrected chi connectivity index (χ1v) is 5.23. The molecule has 84 valence electrons. The van der Waals surface area contributed by atoms with E-state index in [4.69, 9.17) is 0 Å². The van der Waals surface area contributed by atoms with Gasteiger partial charge >= 0.3 is 0 Å². The molecule has 0 aliphatic carbocycles. The third-order valence-electron chi connectivity index (χ3n) is 2.97. The molecule has 0 saturated heterocycles. The molecule has 2 heterocycles. The Morgan fingerprint density at radius 3 is 2.75 bits per heavy atom. The number of rotatable bonds is 3. The highest BCUT2D eigenvalue weighted by Gasteiger charge is 2.10. The second-order valence-electron chi connectivity index (χ2n) is 3.95. The monoisotopic (exact) mass is 217 g/mol. The fourth-order valence-electron chi connectivity index (χ4n) is 1.89. The Balaban J connectivity index is 2.37. The largest absolute Gasteiger partial charge is 0.341 e. The molecule has 4 nitrogen and oxygen atoms in total. The average Bonchev–Trinajstić information content (AvgIpc) is 2.79. The highest BCUT2D eigenvalue weighted by Crippen LogP contribution is 2.14. The summed E-state index contributed by atoms with van der Waals surface area (Å²) < 4.78 is 3.80. The average molecular weight is 217 g/mol. The van der Waals surface area contributed by atoms with Crippen molar-refractivity contribution >= 4 is 6.29 Å². The Morgan fingerprint density at radius 1 is 1.44 bits per heavy atom. The first-order chi connectivity index (χ1) is 7.63. The van der Waals surface area contributed by atoms with Gasteiger partial charge in [-0.25, -0.2) is 0 Å². The highest BCUT2D eigenvalue weighted by atomic mass is 16.1. The molecule has 0 unspecified atom stereocenters. The summed E-state index contributed by atoms with van der Waals surface area (Å²) in [7, 11) is 1.93. The number of nitrogens with zero attached hydrogens (tertiary/aromatic N) is 3. The Morgan fingerprint density at radius 2 is 2.19 bits per heavy atom. The molecular weight excluding hydrogens is 202 g/mol. The van der Waals surface area contributed by atoms with E-state index >= 15 is 0 Å². The molecule has 2 rings (SSSR count). The van der Waals surface area contributed by atoms with Gasteiger partial charge in [-0.1, -0.05) is 0 Å². The zero-order chi connectivity index (χ0) is 11.7. The summed E-state index contributed by atoms with van der Waals surface area (Å²) in [6, 6.07) is 3.69. The normalized spacial score (nSPS) is 10.7.